The zero-order chi connectivity index (χ0) is 19.3. The standard InChI is InChI=1S/C20H41N5O/c1-15(2)24-10-8-18(9-11-24)23-19(21-7)22-14-20(5,6)25-12-16(3)26-17(4)13-25/h15-18H,8-14H2,1-7H3,(H2,21,22,23). The molecule has 2 rings (SSSR count). The van der Waals surface area contributed by atoms with Crippen molar-refractivity contribution in [1.29, 1.82) is 0 Å². The normalized spacial score (nSPS) is 27.8. The van der Waals surface area contributed by atoms with Gasteiger partial charge in [-0.25, -0.2) is 0 Å². The molecule has 0 bridgehead atoms. The largest absolute Gasteiger partial charge is 0.373 e. The first-order valence-electron chi connectivity index (χ1n) is 10.3. The van der Waals surface area contributed by atoms with E-state index in [1.165, 1.54) is 25.9 Å². The van der Waals surface area contributed by atoms with E-state index in [4.69, 9.17) is 4.74 Å². The van der Waals surface area contributed by atoms with Crippen LogP contribution in [0, 0.1) is 0 Å². The second-order valence-corrected chi connectivity index (χ2v) is 8.95. The summed E-state index contributed by atoms with van der Waals surface area (Å²) in [6, 6.07) is 1.16. The van der Waals surface area contributed by atoms with E-state index in [0.29, 0.717) is 24.3 Å². The Morgan fingerprint density at radius 3 is 2.23 bits per heavy atom. The summed E-state index contributed by atoms with van der Waals surface area (Å²) in [6.07, 6.45) is 2.95. The Labute approximate surface area is 160 Å². The summed E-state index contributed by atoms with van der Waals surface area (Å²) in [5.41, 5.74) is 0.0604. The second kappa shape index (κ2) is 9.38. The lowest BCUT2D eigenvalue weighted by molar-refractivity contribution is -0.0946. The molecule has 0 radical (unpaired) electrons. The molecular weight excluding hydrogens is 326 g/mol. The van der Waals surface area contributed by atoms with Crippen molar-refractivity contribution in [3.63, 3.8) is 0 Å². The maximum Gasteiger partial charge on any atom is 0.191 e. The van der Waals surface area contributed by atoms with E-state index in [1.807, 2.05) is 7.05 Å². The molecule has 0 aromatic heterocycles. The highest BCUT2D eigenvalue weighted by atomic mass is 16.5. The number of rotatable bonds is 5. The number of hydrogen-bond acceptors (Lipinski definition) is 4. The van der Waals surface area contributed by atoms with Crippen LogP contribution in [0.4, 0.5) is 0 Å². The molecule has 0 spiro atoms. The van der Waals surface area contributed by atoms with Crippen LogP contribution in [-0.2, 0) is 4.74 Å². The van der Waals surface area contributed by atoms with Crippen LogP contribution in [0.1, 0.15) is 54.4 Å². The Morgan fingerprint density at radius 2 is 1.73 bits per heavy atom. The van der Waals surface area contributed by atoms with Crippen molar-refractivity contribution in [2.24, 2.45) is 4.99 Å². The lowest BCUT2D eigenvalue weighted by Crippen LogP contribution is -2.60. The molecule has 26 heavy (non-hydrogen) atoms. The van der Waals surface area contributed by atoms with Crippen molar-refractivity contribution in [3.8, 4) is 0 Å². The van der Waals surface area contributed by atoms with Gasteiger partial charge in [-0.1, -0.05) is 0 Å². The van der Waals surface area contributed by atoms with Gasteiger partial charge in [0, 0.05) is 57.4 Å². The molecule has 152 valence electrons. The number of nitrogens with zero attached hydrogens (tertiary/aromatic N) is 3. The molecule has 2 aliphatic rings. The highest BCUT2D eigenvalue weighted by molar-refractivity contribution is 5.80. The maximum atomic E-state index is 5.88. The predicted molar refractivity (Wildman–Crippen MR) is 110 cm³/mol. The molecule has 2 atom stereocenters. The molecule has 2 aliphatic heterocycles. The van der Waals surface area contributed by atoms with Gasteiger partial charge in [0.05, 0.1) is 12.2 Å². The number of ether oxygens (including phenoxy) is 1. The van der Waals surface area contributed by atoms with E-state index >= 15 is 0 Å². The molecule has 0 aromatic carbocycles. The first-order chi connectivity index (χ1) is 12.2. The van der Waals surface area contributed by atoms with Crippen molar-refractivity contribution in [2.75, 3.05) is 39.8 Å². The van der Waals surface area contributed by atoms with E-state index in [2.05, 4.69) is 67.0 Å². The SMILES string of the molecule is CN=C(NCC(C)(C)N1CC(C)OC(C)C1)NC1CCN(C(C)C)CC1. The van der Waals surface area contributed by atoms with Gasteiger partial charge in [-0.05, 0) is 54.4 Å². The van der Waals surface area contributed by atoms with Gasteiger partial charge in [-0.2, -0.15) is 0 Å². The van der Waals surface area contributed by atoms with Gasteiger partial charge < -0.3 is 20.3 Å². The minimum Gasteiger partial charge on any atom is -0.373 e. The summed E-state index contributed by atoms with van der Waals surface area (Å²) < 4.78 is 5.88. The average molecular weight is 368 g/mol. The number of aliphatic imine (C=N–C) groups is 1. The fraction of sp³-hybridized carbons (Fsp3) is 0.950. The first kappa shape index (κ1) is 21.5. The van der Waals surface area contributed by atoms with Crippen molar-refractivity contribution < 1.29 is 4.74 Å². The Morgan fingerprint density at radius 1 is 1.15 bits per heavy atom. The topological polar surface area (TPSA) is 52.1 Å². The molecule has 2 saturated heterocycles. The molecule has 0 saturated carbocycles. The summed E-state index contributed by atoms with van der Waals surface area (Å²) in [6.45, 7) is 18.7. The van der Waals surface area contributed by atoms with Crippen LogP contribution < -0.4 is 10.6 Å². The monoisotopic (exact) mass is 367 g/mol. The summed E-state index contributed by atoms with van der Waals surface area (Å²) >= 11 is 0. The number of hydrogen-bond donors (Lipinski definition) is 2. The Bertz CT molecular complexity index is 447. The van der Waals surface area contributed by atoms with E-state index in [9.17, 15) is 0 Å². The molecule has 0 amide bonds. The van der Waals surface area contributed by atoms with Gasteiger partial charge in [0.2, 0.25) is 0 Å². The molecule has 0 aromatic rings. The van der Waals surface area contributed by atoms with Gasteiger partial charge in [0.1, 0.15) is 0 Å². The fourth-order valence-electron chi connectivity index (χ4n) is 4.03. The summed E-state index contributed by atoms with van der Waals surface area (Å²) in [4.78, 5) is 9.54. The summed E-state index contributed by atoms with van der Waals surface area (Å²) in [7, 11) is 1.87. The molecule has 2 heterocycles. The number of likely N-dealkylation sites (tertiary alicyclic amines) is 1. The maximum absolute atomic E-state index is 5.88. The zero-order valence-electron chi connectivity index (χ0n) is 18.0. The molecule has 2 fully saturated rings. The van der Waals surface area contributed by atoms with Crippen molar-refractivity contribution in [3.05, 3.63) is 0 Å². The Kier molecular flexibility index (Phi) is 7.74. The number of morpholine rings is 1. The second-order valence-electron chi connectivity index (χ2n) is 8.95. The van der Waals surface area contributed by atoms with Crippen LogP contribution in [0.15, 0.2) is 4.99 Å². The average Bonchev–Trinajstić information content (AvgIpc) is 2.58. The third-order valence-electron chi connectivity index (χ3n) is 5.79. The van der Waals surface area contributed by atoms with Gasteiger partial charge in [-0.15, -0.1) is 0 Å². The van der Waals surface area contributed by atoms with Gasteiger partial charge >= 0.3 is 0 Å². The molecule has 0 aliphatic carbocycles. The van der Waals surface area contributed by atoms with Crippen LogP contribution in [0.25, 0.3) is 0 Å². The van der Waals surface area contributed by atoms with Crippen LogP contribution >= 0.6 is 0 Å². The molecule has 2 unspecified atom stereocenters. The number of nitrogens with one attached hydrogen (secondary N) is 2. The van der Waals surface area contributed by atoms with Crippen molar-refractivity contribution in [1.82, 2.24) is 20.4 Å². The van der Waals surface area contributed by atoms with Crippen LogP contribution in [-0.4, -0.2) is 85.4 Å². The van der Waals surface area contributed by atoms with Crippen molar-refractivity contribution in [2.45, 2.75) is 84.2 Å². The molecule has 6 nitrogen and oxygen atoms in total. The van der Waals surface area contributed by atoms with E-state index in [1.54, 1.807) is 0 Å². The highest BCUT2D eigenvalue weighted by Gasteiger charge is 2.33. The molecule has 2 N–H and O–H groups in total. The van der Waals surface area contributed by atoms with E-state index in [-0.39, 0.29) is 5.54 Å². The quantitative estimate of drug-likeness (QED) is 0.574. The molecule has 6 heteroatoms. The molecular formula is C20H41N5O. The predicted octanol–water partition coefficient (Wildman–Crippen LogP) is 1.91. The summed E-state index contributed by atoms with van der Waals surface area (Å²) in [5, 5.41) is 7.19. The lowest BCUT2D eigenvalue weighted by Gasteiger charge is -2.45. The van der Waals surface area contributed by atoms with Crippen LogP contribution in [0.3, 0.4) is 0 Å². The number of piperidine rings is 1. The van der Waals surface area contributed by atoms with E-state index in [0.717, 1.165) is 25.6 Å². The van der Waals surface area contributed by atoms with Crippen LogP contribution in [0.5, 0.6) is 0 Å². The van der Waals surface area contributed by atoms with Crippen LogP contribution in [0.2, 0.25) is 0 Å². The smallest absolute Gasteiger partial charge is 0.191 e. The third kappa shape index (κ3) is 6.10. The Balaban J connectivity index is 1.81. The summed E-state index contributed by atoms with van der Waals surface area (Å²) in [5.74, 6) is 0.926. The first-order valence-corrected chi connectivity index (χ1v) is 10.3. The zero-order valence-corrected chi connectivity index (χ0v) is 18.0. The minimum absolute atomic E-state index is 0.0604. The third-order valence-corrected chi connectivity index (χ3v) is 5.79. The lowest BCUT2D eigenvalue weighted by atomic mass is 10.00. The van der Waals surface area contributed by atoms with Gasteiger partial charge in [0.25, 0.3) is 0 Å². The van der Waals surface area contributed by atoms with Gasteiger partial charge in [0.15, 0.2) is 5.96 Å². The number of guanidine groups is 1. The van der Waals surface area contributed by atoms with Crippen molar-refractivity contribution >= 4 is 5.96 Å². The Hall–Kier alpha value is -0.850. The fourth-order valence-corrected chi connectivity index (χ4v) is 4.03. The highest BCUT2D eigenvalue weighted by Crippen LogP contribution is 2.20. The van der Waals surface area contributed by atoms with E-state index < -0.39 is 0 Å². The van der Waals surface area contributed by atoms with Gasteiger partial charge in [-0.3, -0.25) is 9.89 Å². The minimum atomic E-state index is 0.0604.